The number of allylic oxidation sites excluding steroid dienone is 1. The number of aliphatic hydroxyl groups is 2. The Labute approximate surface area is 222 Å². The standard InChI is InChI=1S/C32H45NO4/c1-29-14-12-26(37-21-20-33-18-4-5-19-33)22-24(29)8-11-28-27(29)13-15-30(2)31(34,16-17-32(28,30)35)23-6-9-25(36-3)10-7-23/h6-7,9-10,16-17,22,26-28,34-35H,4-5,8,11-15,18-21H2,1-3H3/t26-,27-,28+,29-,30+,31-,32-/m0/s1. The number of rotatable bonds is 6. The van der Waals surface area contributed by atoms with Gasteiger partial charge in [0.1, 0.15) is 11.4 Å². The number of methoxy groups -OCH3 is 1. The van der Waals surface area contributed by atoms with Crippen molar-refractivity contribution in [3.8, 4) is 5.75 Å². The van der Waals surface area contributed by atoms with Gasteiger partial charge in [0.25, 0.3) is 0 Å². The minimum atomic E-state index is -1.20. The second-order valence-corrected chi connectivity index (χ2v) is 12.9. The van der Waals surface area contributed by atoms with E-state index in [0.717, 1.165) is 63.0 Å². The highest BCUT2D eigenvalue weighted by Gasteiger charge is 2.69. The summed E-state index contributed by atoms with van der Waals surface area (Å²) in [5, 5.41) is 24.5. The topological polar surface area (TPSA) is 62.2 Å². The summed E-state index contributed by atoms with van der Waals surface area (Å²) < 4.78 is 11.7. The average molecular weight is 508 g/mol. The van der Waals surface area contributed by atoms with Crippen LogP contribution in [0.5, 0.6) is 5.75 Å². The number of nitrogens with zero attached hydrogens (tertiary/aromatic N) is 1. The van der Waals surface area contributed by atoms with Crippen LogP contribution < -0.4 is 4.74 Å². The molecule has 4 aliphatic carbocycles. The van der Waals surface area contributed by atoms with Crippen LogP contribution in [0.3, 0.4) is 0 Å². The molecule has 2 N–H and O–H groups in total. The summed E-state index contributed by atoms with van der Waals surface area (Å²) >= 11 is 0. The monoisotopic (exact) mass is 507 g/mol. The molecule has 1 aromatic rings. The SMILES string of the molecule is COc1ccc([C@@]2(O)C=C[C@]3(O)[C@@H]4CCC5=C[C@@H](OCCN6CCCC6)CC[C@]5(C)[C@H]4CC[C@]23C)cc1. The predicted octanol–water partition coefficient (Wildman–Crippen LogP) is 5.22. The number of ether oxygens (including phenoxy) is 2. The molecule has 1 heterocycles. The molecule has 1 aromatic carbocycles. The fraction of sp³-hybridized carbons (Fsp3) is 0.688. The van der Waals surface area contributed by atoms with Crippen LogP contribution in [0.15, 0.2) is 48.1 Å². The van der Waals surface area contributed by atoms with Gasteiger partial charge < -0.3 is 24.6 Å². The van der Waals surface area contributed by atoms with Crippen LogP contribution in [-0.4, -0.2) is 60.2 Å². The zero-order chi connectivity index (χ0) is 25.9. The van der Waals surface area contributed by atoms with Crippen molar-refractivity contribution in [2.75, 3.05) is 33.4 Å². The zero-order valence-electron chi connectivity index (χ0n) is 22.9. The lowest BCUT2D eigenvalue weighted by Crippen LogP contribution is -2.64. The largest absolute Gasteiger partial charge is 0.497 e. The first kappa shape index (κ1) is 25.6. The Morgan fingerprint density at radius 1 is 0.946 bits per heavy atom. The van der Waals surface area contributed by atoms with Crippen LogP contribution in [0.2, 0.25) is 0 Å². The predicted molar refractivity (Wildman–Crippen MR) is 145 cm³/mol. The first-order valence-electron chi connectivity index (χ1n) is 14.6. The molecule has 1 aliphatic heterocycles. The Morgan fingerprint density at radius 2 is 1.70 bits per heavy atom. The molecule has 6 rings (SSSR count). The van der Waals surface area contributed by atoms with E-state index in [-0.39, 0.29) is 17.4 Å². The molecule has 3 fully saturated rings. The van der Waals surface area contributed by atoms with Crippen LogP contribution in [0.4, 0.5) is 0 Å². The number of hydrogen-bond donors (Lipinski definition) is 2. The molecule has 0 radical (unpaired) electrons. The summed E-state index contributed by atoms with van der Waals surface area (Å²) in [5.41, 5.74) is -0.410. The van der Waals surface area contributed by atoms with Gasteiger partial charge in [0, 0.05) is 12.0 Å². The van der Waals surface area contributed by atoms with Crippen LogP contribution >= 0.6 is 0 Å². The number of hydrogen-bond acceptors (Lipinski definition) is 5. The van der Waals surface area contributed by atoms with Gasteiger partial charge in [-0.2, -0.15) is 0 Å². The highest BCUT2D eigenvalue weighted by Crippen LogP contribution is 2.69. The van der Waals surface area contributed by atoms with E-state index < -0.39 is 16.6 Å². The number of fused-ring (bicyclic) bond motifs is 5. The van der Waals surface area contributed by atoms with Gasteiger partial charge in [0.15, 0.2) is 0 Å². The molecule has 5 heteroatoms. The zero-order valence-corrected chi connectivity index (χ0v) is 22.9. The van der Waals surface area contributed by atoms with Crippen LogP contribution in [0, 0.1) is 22.7 Å². The lowest BCUT2D eigenvalue weighted by molar-refractivity contribution is -0.209. The van der Waals surface area contributed by atoms with Crippen molar-refractivity contribution >= 4 is 0 Å². The Morgan fingerprint density at radius 3 is 2.43 bits per heavy atom. The van der Waals surface area contributed by atoms with E-state index in [2.05, 4.69) is 24.8 Å². The van der Waals surface area contributed by atoms with Crippen LogP contribution in [-0.2, 0) is 10.3 Å². The van der Waals surface area contributed by atoms with Crippen LogP contribution in [0.25, 0.3) is 0 Å². The van der Waals surface area contributed by atoms with Crippen LogP contribution in [0.1, 0.15) is 70.8 Å². The molecule has 2 saturated carbocycles. The quantitative estimate of drug-likeness (QED) is 0.517. The van der Waals surface area contributed by atoms with E-state index in [1.165, 1.54) is 25.9 Å². The Bertz CT molecular complexity index is 1060. The first-order valence-corrected chi connectivity index (χ1v) is 14.6. The second kappa shape index (κ2) is 9.22. The summed E-state index contributed by atoms with van der Waals surface area (Å²) in [7, 11) is 1.65. The van der Waals surface area contributed by atoms with E-state index >= 15 is 0 Å². The lowest BCUT2D eigenvalue weighted by atomic mass is 9.44. The molecular weight excluding hydrogens is 462 g/mol. The first-order chi connectivity index (χ1) is 17.7. The smallest absolute Gasteiger partial charge is 0.118 e. The molecule has 7 atom stereocenters. The summed E-state index contributed by atoms with van der Waals surface area (Å²) in [6.45, 7) is 8.86. The number of likely N-dealkylation sites (tertiary alicyclic amines) is 1. The normalized spacial score (nSPS) is 43.2. The maximum absolute atomic E-state index is 12.4. The van der Waals surface area contributed by atoms with Gasteiger partial charge in [-0.05, 0) is 105 Å². The van der Waals surface area contributed by atoms with E-state index in [1.807, 2.05) is 36.4 Å². The summed E-state index contributed by atoms with van der Waals surface area (Å²) in [4.78, 5) is 2.52. The molecule has 0 unspecified atom stereocenters. The van der Waals surface area contributed by atoms with Gasteiger partial charge in [0.2, 0.25) is 0 Å². The highest BCUT2D eigenvalue weighted by molar-refractivity contribution is 5.44. The van der Waals surface area contributed by atoms with Gasteiger partial charge in [-0.25, -0.2) is 0 Å². The lowest BCUT2D eigenvalue weighted by Gasteiger charge is -2.62. The van der Waals surface area contributed by atoms with Gasteiger partial charge in [-0.15, -0.1) is 0 Å². The third-order valence-corrected chi connectivity index (χ3v) is 11.4. The molecule has 5 nitrogen and oxygen atoms in total. The molecule has 0 spiro atoms. The van der Waals surface area contributed by atoms with Crippen molar-refractivity contribution in [2.45, 2.75) is 82.5 Å². The van der Waals surface area contributed by atoms with Gasteiger partial charge in [-0.3, -0.25) is 0 Å². The van der Waals surface area contributed by atoms with E-state index in [1.54, 1.807) is 12.7 Å². The van der Waals surface area contributed by atoms with Crippen molar-refractivity contribution < 1.29 is 19.7 Å². The van der Waals surface area contributed by atoms with Crippen molar-refractivity contribution in [1.29, 1.82) is 0 Å². The summed E-state index contributed by atoms with van der Waals surface area (Å²) in [5.74, 6) is 1.33. The Balaban J connectivity index is 1.20. The second-order valence-electron chi connectivity index (χ2n) is 12.9. The molecule has 37 heavy (non-hydrogen) atoms. The van der Waals surface area contributed by atoms with E-state index in [4.69, 9.17) is 9.47 Å². The van der Waals surface area contributed by atoms with Gasteiger partial charge in [-0.1, -0.05) is 43.7 Å². The van der Waals surface area contributed by atoms with Crippen molar-refractivity contribution in [1.82, 2.24) is 4.90 Å². The molecule has 0 aromatic heterocycles. The van der Waals surface area contributed by atoms with E-state index in [0.29, 0.717) is 5.92 Å². The molecule has 202 valence electrons. The summed E-state index contributed by atoms with van der Waals surface area (Å²) in [6, 6.07) is 7.69. The number of benzene rings is 1. The fourth-order valence-corrected chi connectivity index (χ4v) is 8.92. The minimum absolute atomic E-state index is 0.101. The van der Waals surface area contributed by atoms with E-state index in [9.17, 15) is 10.2 Å². The average Bonchev–Trinajstić information content (AvgIpc) is 3.50. The van der Waals surface area contributed by atoms with Crippen molar-refractivity contribution in [3.63, 3.8) is 0 Å². The minimum Gasteiger partial charge on any atom is -0.497 e. The molecule has 0 amide bonds. The Hall–Kier alpha value is -1.66. The molecule has 1 saturated heterocycles. The van der Waals surface area contributed by atoms with Crippen molar-refractivity contribution in [3.05, 3.63) is 53.6 Å². The maximum Gasteiger partial charge on any atom is 0.118 e. The third-order valence-electron chi connectivity index (χ3n) is 11.4. The molecular formula is C32H45NO4. The van der Waals surface area contributed by atoms with Gasteiger partial charge in [0.05, 0.1) is 25.4 Å². The summed E-state index contributed by atoms with van der Waals surface area (Å²) in [6.07, 6.45) is 15.1. The van der Waals surface area contributed by atoms with Gasteiger partial charge >= 0.3 is 0 Å². The third kappa shape index (κ3) is 3.79. The highest BCUT2D eigenvalue weighted by atomic mass is 16.5. The Kier molecular flexibility index (Phi) is 6.38. The molecule has 5 aliphatic rings. The maximum atomic E-state index is 12.4. The fourth-order valence-electron chi connectivity index (χ4n) is 8.92. The molecule has 0 bridgehead atoms. The van der Waals surface area contributed by atoms with Crippen molar-refractivity contribution in [2.24, 2.45) is 22.7 Å².